The van der Waals surface area contributed by atoms with Crippen LogP contribution in [0.3, 0.4) is 0 Å². The molecule has 0 aromatic carbocycles. The summed E-state index contributed by atoms with van der Waals surface area (Å²) in [7, 11) is 0. The van der Waals surface area contributed by atoms with E-state index in [0.29, 0.717) is 12.2 Å². The van der Waals surface area contributed by atoms with E-state index in [9.17, 15) is 4.79 Å². The molecule has 2 heterocycles. The standard InChI is InChI=1S/C9H14N4O3/c10-6-2-1-3-13(4-6)5-7-8(9(14)15)12-16-11-7/h6H,1-5,10H2,(H,14,15). The van der Waals surface area contributed by atoms with Crippen molar-refractivity contribution in [3.05, 3.63) is 11.4 Å². The van der Waals surface area contributed by atoms with Gasteiger partial charge in [-0.1, -0.05) is 5.16 Å². The number of piperidine rings is 1. The van der Waals surface area contributed by atoms with Crippen LogP contribution in [-0.4, -0.2) is 45.4 Å². The number of aromatic carboxylic acids is 1. The molecular formula is C9H14N4O3. The van der Waals surface area contributed by atoms with Crippen molar-refractivity contribution < 1.29 is 14.5 Å². The van der Waals surface area contributed by atoms with Gasteiger partial charge in [-0.2, -0.15) is 0 Å². The maximum absolute atomic E-state index is 10.8. The van der Waals surface area contributed by atoms with Crippen LogP contribution >= 0.6 is 0 Å². The lowest BCUT2D eigenvalue weighted by Gasteiger charge is -2.29. The number of aromatic nitrogens is 2. The van der Waals surface area contributed by atoms with Crippen molar-refractivity contribution in [2.24, 2.45) is 5.73 Å². The molecular weight excluding hydrogens is 212 g/mol. The molecule has 1 unspecified atom stereocenters. The summed E-state index contributed by atoms with van der Waals surface area (Å²) in [6.07, 6.45) is 2.04. The van der Waals surface area contributed by atoms with Crippen LogP contribution in [0.5, 0.6) is 0 Å². The third-order valence-corrected chi connectivity index (χ3v) is 2.67. The van der Waals surface area contributed by atoms with Gasteiger partial charge in [0.1, 0.15) is 5.69 Å². The summed E-state index contributed by atoms with van der Waals surface area (Å²) >= 11 is 0. The second-order valence-electron chi connectivity index (χ2n) is 4.00. The van der Waals surface area contributed by atoms with Gasteiger partial charge in [0, 0.05) is 19.1 Å². The molecule has 1 atom stereocenters. The lowest BCUT2D eigenvalue weighted by molar-refractivity contribution is 0.0683. The summed E-state index contributed by atoms with van der Waals surface area (Å²) in [6.45, 7) is 2.09. The van der Waals surface area contributed by atoms with Crippen LogP contribution in [0, 0.1) is 0 Å². The summed E-state index contributed by atoms with van der Waals surface area (Å²) in [5.74, 6) is -1.11. The van der Waals surface area contributed by atoms with E-state index in [1.807, 2.05) is 0 Å². The van der Waals surface area contributed by atoms with Crippen LogP contribution in [0.25, 0.3) is 0 Å². The van der Waals surface area contributed by atoms with Crippen molar-refractivity contribution in [2.45, 2.75) is 25.4 Å². The molecule has 2 rings (SSSR count). The van der Waals surface area contributed by atoms with Crippen LogP contribution in [0.15, 0.2) is 4.63 Å². The highest BCUT2D eigenvalue weighted by molar-refractivity contribution is 5.86. The van der Waals surface area contributed by atoms with E-state index in [-0.39, 0.29) is 11.7 Å². The predicted molar refractivity (Wildman–Crippen MR) is 53.7 cm³/mol. The SMILES string of the molecule is NC1CCCN(Cc2nonc2C(=O)O)C1. The average molecular weight is 226 g/mol. The quantitative estimate of drug-likeness (QED) is 0.728. The number of carbonyl (C=O) groups is 1. The maximum atomic E-state index is 10.8. The monoisotopic (exact) mass is 226 g/mol. The molecule has 0 amide bonds. The minimum atomic E-state index is -1.11. The highest BCUT2D eigenvalue weighted by atomic mass is 16.6. The Morgan fingerprint density at radius 2 is 2.44 bits per heavy atom. The van der Waals surface area contributed by atoms with Gasteiger partial charge in [0.25, 0.3) is 0 Å². The molecule has 1 saturated heterocycles. The fraction of sp³-hybridized carbons (Fsp3) is 0.667. The second kappa shape index (κ2) is 4.58. The van der Waals surface area contributed by atoms with Gasteiger partial charge >= 0.3 is 5.97 Å². The number of rotatable bonds is 3. The molecule has 0 bridgehead atoms. The van der Waals surface area contributed by atoms with Crippen molar-refractivity contribution in [3.8, 4) is 0 Å². The van der Waals surface area contributed by atoms with Gasteiger partial charge in [0.2, 0.25) is 5.69 Å². The van der Waals surface area contributed by atoms with E-state index in [2.05, 4.69) is 19.8 Å². The first-order valence-electron chi connectivity index (χ1n) is 5.19. The Hall–Kier alpha value is -1.47. The first-order valence-corrected chi connectivity index (χ1v) is 5.19. The molecule has 88 valence electrons. The zero-order valence-corrected chi connectivity index (χ0v) is 8.80. The minimum absolute atomic E-state index is 0.112. The van der Waals surface area contributed by atoms with Gasteiger partial charge in [-0.15, -0.1) is 0 Å². The van der Waals surface area contributed by atoms with Crippen molar-refractivity contribution >= 4 is 5.97 Å². The Labute approximate surface area is 92.2 Å². The molecule has 3 N–H and O–H groups in total. The van der Waals surface area contributed by atoms with E-state index >= 15 is 0 Å². The van der Waals surface area contributed by atoms with Crippen LogP contribution in [0.4, 0.5) is 0 Å². The molecule has 7 heteroatoms. The molecule has 1 aliphatic rings. The number of hydrogen-bond donors (Lipinski definition) is 2. The topological polar surface area (TPSA) is 105 Å². The molecule has 1 fully saturated rings. The summed E-state index contributed by atoms with van der Waals surface area (Å²) in [6, 6.07) is 0.155. The van der Waals surface area contributed by atoms with E-state index in [1.165, 1.54) is 0 Å². The third kappa shape index (κ3) is 2.37. The molecule has 1 aromatic rings. The zero-order chi connectivity index (χ0) is 11.5. The first-order chi connectivity index (χ1) is 7.66. The van der Waals surface area contributed by atoms with Crippen LogP contribution in [-0.2, 0) is 6.54 Å². The fourth-order valence-corrected chi connectivity index (χ4v) is 1.92. The van der Waals surface area contributed by atoms with Crippen molar-refractivity contribution in [3.63, 3.8) is 0 Å². The minimum Gasteiger partial charge on any atom is -0.476 e. The van der Waals surface area contributed by atoms with Crippen molar-refractivity contribution in [1.82, 2.24) is 15.2 Å². The summed E-state index contributed by atoms with van der Waals surface area (Å²) in [5, 5.41) is 15.8. The summed E-state index contributed by atoms with van der Waals surface area (Å²) in [4.78, 5) is 12.9. The van der Waals surface area contributed by atoms with Crippen LogP contribution in [0.2, 0.25) is 0 Å². The normalized spacial score (nSPS) is 22.2. The lowest BCUT2D eigenvalue weighted by Crippen LogP contribution is -2.42. The molecule has 0 saturated carbocycles. The Kier molecular flexibility index (Phi) is 3.16. The van der Waals surface area contributed by atoms with Gasteiger partial charge in [0.05, 0.1) is 0 Å². The van der Waals surface area contributed by atoms with Crippen LogP contribution in [0.1, 0.15) is 29.0 Å². The number of likely N-dealkylation sites (tertiary alicyclic amines) is 1. The van der Waals surface area contributed by atoms with Crippen molar-refractivity contribution in [2.75, 3.05) is 13.1 Å². The van der Waals surface area contributed by atoms with Gasteiger partial charge in [0.15, 0.2) is 0 Å². The average Bonchev–Trinajstić information content (AvgIpc) is 2.66. The highest BCUT2D eigenvalue weighted by Crippen LogP contribution is 2.13. The molecule has 16 heavy (non-hydrogen) atoms. The molecule has 1 aliphatic heterocycles. The Morgan fingerprint density at radius 1 is 1.62 bits per heavy atom. The number of carboxylic acids is 1. The maximum Gasteiger partial charge on any atom is 0.360 e. The largest absolute Gasteiger partial charge is 0.476 e. The predicted octanol–water partition coefficient (Wildman–Crippen LogP) is -0.309. The first kappa shape index (κ1) is 11.0. The summed E-state index contributed by atoms with van der Waals surface area (Å²) in [5.41, 5.74) is 6.09. The number of nitrogens with zero attached hydrogens (tertiary/aromatic N) is 3. The van der Waals surface area contributed by atoms with Gasteiger partial charge in [-0.3, -0.25) is 4.90 Å². The fourth-order valence-electron chi connectivity index (χ4n) is 1.92. The van der Waals surface area contributed by atoms with E-state index in [4.69, 9.17) is 10.8 Å². The third-order valence-electron chi connectivity index (χ3n) is 2.67. The van der Waals surface area contributed by atoms with Gasteiger partial charge in [-0.25, -0.2) is 9.42 Å². The molecule has 1 aromatic heterocycles. The van der Waals surface area contributed by atoms with Crippen molar-refractivity contribution in [1.29, 1.82) is 0 Å². The smallest absolute Gasteiger partial charge is 0.360 e. The van der Waals surface area contributed by atoms with E-state index in [0.717, 1.165) is 25.9 Å². The Balaban J connectivity index is 2.02. The molecule has 0 spiro atoms. The van der Waals surface area contributed by atoms with E-state index in [1.54, 1.807) is 0 Å². The number of carboxylic acid groups (broad SMARTS) is 1. The van der Waals surface area contributed by atoms with E-state index < -0.39 is 5.97 Å². The molecule has 0 radical (unpaired) electrons. The molecule has 7 nitrogen and oxygen atoms in total. The Morgan fingerprint density at radius 3 is 3.12 bits per heavy atom. The second-order valence-corrected chi connectivity index (χ2v) is 4.00. The van der Waals surface area contributed by atoms with Gasteiger partial charge in [-0.05, 0) is 24.5 Å². The highest BCUT2D eigenvalue weighted by Gasteiger charge is 2.22. The number of nitrogens with two attached hydrogens (primary N) is 1. The summed E-state index contributed by atoms with van der Waals surface area (Å²) < 4.78 is 4.44. The van der Waals surface area contributed by atoms with Crippen LogP contribution < -0.4 is 5.73 Å². The molecule has 0 aliphatic carbocycles. The zero-order valence-electron chi connectivity index (χ0n) is 8.80. The lowest BCUT2D eigenvalue weighted by atomic mass is 10.1. The number of hydrogen-bond acceptors (Lipinski definition) is 6. The van der Waals surface area contributed by atoms with Gasteiger partial charge < -0.3 is 10.8 Å². The Bertz CT molecular complexity index is 379.